The SMILES string of the molecule is O=C(C1=C2SC=C(c3ccccc3)N2CCCC1)c1ccc2c(c1)S(=O)(=O)c1ccccc1C2=O. The second-order valence-corrected chi connectivity index (χ2v) is 11.5. The number of hydrogen-bond donors (Lipinski definition) is 0. The van der Waals surface area contributed by atoms with Gasteiger partial charge in [0.2, 0.25) is 9.84 Å². The van der Waals surface area contributed by atoms with E-state index in [0.717, 1.165) is 35.7 Å². The molecule has 0 saturated carbocycles. The van der Waals surface area contributed by atoms with E-state index in [1.165, 1.54) is 24.3 Å². The maximum atomic E-state index is 13.8. The highest BCUT2D eigenvalue weighted by Crippen LogP contribution is 2.44. The minimum Gasteiger partial charge on any atom is -0.335 e. The van der Waals surface area contributed by atoms with E-state index in [0.29, 0.717) is 12.0 Å². The molecule has 3 aromatic carbocycles. The fraction of sp³-hybridized carbons (Fsp3) is 0.143. The monoisotopic (exact) mass is 499 g/mol. The summed E-state index contributed by atoms with van der Waals surface area (Å²) in [6.07, 6.45) is 2.45. The van der Waals surface area contributed by atoms with Crippen molar-refractivity contribution in [3.05, 3.63) is 111 Å². The lowest BCUT2D eigenvalue weighted by Gasteiger charge is -2.23. The van der Waals surface area contributed by atoms with Gasteiger partial charge in [0.25, 0.3) is 0 Å². The number of benzene rings is 3. The Morgan fingerprint density at radius 3 is 2.43 bits per heavy atom. The van der Waals surface area contributed by atoms with Crippen LogP contribution in [0, 0.1) is 0 Å². The van der Waals surface area contributed by atoms with Gasteiger partial charge >= 0.3 is 0 Å². The van der Waals surface area contributed by atoms with Gasteiger partial charge in [-0.1, -0.05) is 60.3 Å². The number of carbonyl (C=O) groups excluding carboxylic acids is 2. The van der Waals surface area contributed by atoms with Crippen molar-refractivity contribution < 1.29 is 18.0 Å². The van der Waals surface area contributed by atoms with Gasteiger partial charge in [-0.15, -0.1) is 0 Å². The van der Waals surface area contributed by atoms with Crippen molar-refractivity contribution in [1.29, 1.82) is 0 Å². The van der Waals surface area contributed by atoms with Crippen LogP contribution in [0.4, 0.5) is 0 Å². The molecule has 0 saturated heterocycles. The summed E-state index contributed by atoms with van der Waals surface area (Å²) in [6.45, 7) is 0.823. The Kier molecular flexibility index (Phi) is 5.27. The minimum absolute atomic E-state index is 0.00665. The molecule has 3 aliphatic heterocycles. The number of nitrogens with zero attached hydrogens (tertiary/aromatic N) is 1. The van der Waals surface area contributed by atoms with Crippen molar-refractivity contribution in [3.63, 3.8) is 0 Å². The third kappa shape index (κ3) is 3.49. The molecule has 0 aromatic heterocycles. The third-order valence-electron chi connectivity index (χ3n) is 6.68. The van der Waals surface area contributed by atoms with Crippen LogP contribution in [0.3, 0.4) is 0 Å². The molecule has 0 unspecified atom stereocenters. The maximum Gasteiger partial charge on any atom is 0.208 e. The lowest BCUT2D eigenvalue weighted by molar-refractivity contribution is 0.101. The van der Waals surface area contributed by atoms with E-state index in [4.69, 9.17) is 0 Å². The summed E-state index contributed by atoms with van der Waals surface area (Å²) >= 11 is 1.54. The second-order valence-electron chi connectivity index (χ2n) is 8.75. The average Bonchev–Trinajstić information content (AvgIpc) is 3.19. The highest BCUT2D eigenvalue weighted by atomic mass is 32.2. The fourth-order valence-corrected chi connectivity index (χ4v) is 7.74. The number of sulfone groups is 1. The number of rotatable bonds is 3. The Hall–Kier alpha value is -3.42. The lowest BCUT2D eigenvalue weighted by atomic mass is 9.96. The van der Waals surface area contributed by atoms with Gasteiger partial charge in [0.05, 0.1) is 20.5 Å². The Morgan fingerprint density at radius 2 is 1.60 bits per heavy atom. The van der Waals surface area contributed by atoms with Gasteiger partial charge in [0.1, 0.15) is 0 Å². The molecule has 7 heteroatoms. The van der Waals surface area contributed by atoms with Gasteiger partial charge in [0.15, 0.2) is 11.6 Å². The molecule has 3 heterocycles. The van der Waals surface area contributed by atoms with Crippen LogP contribution in [0.2, 0.25) is 0 Å². The second kappa shape index (κ2) is 8.36. The Labute approximate surface area is 208 Å². The van der Waals surface area contributed by atoms with Gasteiger partial charge in [-0.25, -0.2) is 8.42 Å². The van der Waals surface area contributed by atoms with E-state index in [1.54, 1.807) is 30.0 Å². The van der Waals surface area contributed by atoms with Gasteiger partial charge in [-0.2, -0.15) is 0 Å². The summed E-state index contributed by atoms with van der Waals surface area (Å²) in [4.78, 5) is 28.8. The van der Waals surface area contributed by atoms with Crippen LogP contribution >= 0.6 is 11.8 Å². The minimum atomic E-state index is -3.91. The van der Waals surface area contributed by atoms with Crippen LogP contribution in [0.1, 0.15) is 51.1 Å². The molecule has 0 fully saturated rings. The number of carbonyl (C=O) groups is 2. The largest absolute Gasteiger partial charge is 0.335 e. The first kappa shape index (κ1) is 22.1. The van der Waals surface area contributed by atoms with E-state index in [2.05, 4.69) is 22.4 Å². The molecule has 0 N–H and O–H groups in total. The summed E-state index contributed by atoms with van der Waals surface area (Å²) in [5, 5.41) is 2.99. The van der Waals surface area contributed by atoms with Gasteiger partial charge in [-0.05, 0) is 49.1 Å². The highest BCUT2D eigenvalue weighted by molar-refractivity contribution is 8.06. The number of allylic oxidation sites excluding steroid dienone is 1. The molecule has 0 amide bonds. The molecule has 6 rings (SSSR count). The van der Waals surface area contributed by atoms with Crippen molar-refractivity contribution in [2.24, 2.45) is 0 Å². The summed E-state index contributed by atoms with van der Waals surface area (Å²) in [5.41, 5.74) is 3.44. The highest BCUT2D eigenvalue weighted by Gasteiger charge is 2.36. The average molecular weight is 500 g/mol. The molecule has 0 bridgehead atoms. The number of fused-ring (bicyclic) bond motifs is 3. The fourth-order valence-electron chi connectivity index (χ4n) is 4.93. The molecule has 3 aliphatic rings. The van der Waals surface area contributed by atoms with Crippen LogP contribution in [-0.2, 0) is 9.84 Å². The van der Waals surface area contributed by atoms with Crippen LogP contribution in [-0.4, -0.2) is 31.4 Å². The van der Waals surface area contributed by atoms with E-state index >= 15 is 0 Å². The molecule has 5 nitrogen and oxygen atoms in total. The predicted octanol–water partition coefficient (Wildman–Crippen LogP) is 5.69. The Balaban J connectivity index is 1.41. The molecule has 3 aromatic rings. The molecule has 0 radical (unpaired) electrons. The summed E-state index contributed by atoms with van der Waals surface area (Å²) < 4.78 is 26.7. The van der Waals surface area contributed by atoms with E-state index in [9.17, 15) is 18.0 Å². The number of Topliss-reactive ketones (excluding diaryl/α,β-unsaturated/α-hetero) is 1. The molecular formula is C28H21NO4S2. The molecule has 35 heavy (non-hydrogen) atoms. The number of hydrogen-bond acceptors (Lipinski definition) is 6. The van der Waals surface area contributed by atoms with Gasteiger partial charge in [-0.3, -0.25) is 9.59 Å². The summed E-state index contributed by atoms with van der Waals surface area (Å²) in [7, 11) is -3.91. The predicted molar refractivity (Wildman–Crippen MR) is 136 cm³/mol. The van der Waals surface area contributed by atoms with Crippen molar-refractivity contribution in [2.75, 3.05) is 6.54 Å². The first-order chi connectivity index (χ1) is 17.0. The first-order valence-electron chi connectivity index (χ1n) is 11.5. The van der Waals surface area contributed by atoms with E-state index < -0.39 is 9.84 Å². The Bertz CT molecular complexity index is 1570. The molecule has 0 aliphatic carbocycles. The summed E-state index contributed by atoms with van der Waals surface area (Å²) in [5.74, 6) is -0.526. The molecular weight excluding hydrogens is 478 g/mol. The van der Waals surface area contributed by atoms with Crippen molar-refractivity contribution in [1.82, 2.24) is 4.90 Å². The zero-order chi connectivity index (χ0) is 24.2. The van der Waals surface area contributed by atoms with Gasteiger partial charge < -0.3 is 4.90 Å². The van der Waals surface area contributed by atoms with E-state index in [1.807, 2.05) is 18.2 Å². The van der Waals surface area contributed by atoms with Crippen LogP contribution in [0.15, 0.2) is 98.6 Å². The normalized spacial score (nSPS) is 18.3. The Morgan fingerprint density at radius 1 is 0.857 bits per heavy atom. The zero-order valence-corrected chi connectivity index (χ0v) is 20.4. The smallest absolute Gasteiger partial charge is 0.208 e. The van der Waals surface area contributed by atoms with Crippen molar-refractivity contribution >= 4 is 38.9 Å². The van der Waals surface area contributed by atoms with Crippen LogP contribution < -0.4 is 0 Å². The van der Waals surface area contributed by atoms with E-state index in [-0.39, 0.29) is 38.0 Å². The molecule has 0 spiro atoms. The van der Waals surface area contributed by atoms with Gasteiger partial charge in [0, 0.05) is 34.2 Å². The van der Waals surface area contributed by atoms with Crippen LogP contribution in [0.5, 0.6) is 0 Å². The number of ketones is 2. The van der Waals surface area contributed by atoms with Crippen molar-refractivity contribution in [3.8, 4) is 0 Å². The third-order valence-corrected chi connectivity index (χ3v) is 9.56. The zero-order valence-electron chi connectivity index (χ0n) is 18.7. The van der Waals surface area contributed by atoms with Crippen LogP contribution in [0.25, 0.3) is 5.70 Å². The lowest BCUT2D eigenvalue weighted by Crippen LogP contribution is -2.21. The number of thioether (sulfide) groups is 1. The topological polar surface area (TPSA) is 71.5 Å². The maximum absolute atomic E-state index is 13.8. The molecule has 174 valence electrons. The quantitative estimate of drug-likeness (QED) is 0.337. The summed E-state index contributed by atoms with van der Waals surface area (Å²) in [6, 6.07) is 20.8. The molecule has 0 atom stereocenters. The standard InChI is InChI=1S/C28H21NO4S2/c30-26(22-11-6-7-15-29-23(17-34-28(22)29)18-8-2-1-3-9-18)19-13-14-21-25(16-19)35(32,33)24-12-5-4-10-20(24)27(21)31/h1-5,8-10,12-14,16-17H,6-7,11,15H2. The first-order valence-corrected chi connectivity index (χ1v) is 13.8. The van der Waals surface area contributed by atoms with Crippen molar-refractivity contribution in [2.45, 2.75) is 29.1 Å².